The lowest BCUT2D eigenvalue weighted by Gasteiger charge is -2.03. The Hall–Kier alpha value is -1.38. The summed E-state index contributed by atoms with van der Waals surface area (Å²) in [4.78, 5) is 4.16. The van der Waals surface area contributed by atoms with E-state index in [4.69, 9.17) is 0 Å². The van der Waals surface area contributed by atoms with Crippen LogP contribution in [0.4, 0.5) is 0 Å². The van der Waals surface area contributed by atoms with Crippen molar-refractivity contribution in [2.75, 3.05) is 5.75 Å². The summed E-state index contributed by atoms with van der Waals surface area (Å²) in [6.07, 6.45) is 5.40. The molecule has 0 saturated carbocycles. The van der Waals surface area contributed by atoms with Crippen LogP contribution < -0.4 is 4.68 Å². The van der Waals surface area contributed by atoms with Crippen molar-refractivity contribution in [3.05, 3.63) is 30.0 Å². The molecule has 0 spiro atoms. The lowest BCUT2D eigenvalue weighted by atomic mass is 10.3. The number of aromatic nitrogens is 3. The van der Waals surface area contributed by atoms with Crippen LogP contribution in [0, 0.1) is 0 Å². The summed E-state index contributed by atoms with van der Waals surface area (Å²) in [6, 6.07) is 1.86. The van der Waals surface area contributed by atoms with E-state index >= 15 is 0 Å². The zero-order valence-corrected chi connectivity index (χ0v) is 11.0. The first kappa shape index (κ1) is 13.1. The fraction of sp³-hybridized carbons (Fsp3) is 0.300. The van der Waals surface area contributed by atoms with Gasteiger partial charge in [0.1, 0.15) is 11.2 Å². The van der Waals surface area contributed by atoms with Crippen molar-refractivity contribution < 1.29 is 17.7 Å². The van der Waals surface area contributed by atoms with Gasteiger partial charge in [0.15, 0.2) is 12.7 Å². The van der Waals surface area contributed by atoms with Gasteiger partial charge in [-0.15, -0.1) is 11.3 Å². The first-order valence-electron chi connectivity index (χ1n) is 5.24. The number of hydrogen-bond acceptors (Lipinski definition) is 6. The summed E-state index contributed by atoms with van der Waals surface area (Å²) in [5, 5.41) is 6.91. The molecule has 0 saturated heterocycles. The highest BCUT2D eigenvalue weighted by Gasteiger charge is 2.07. The van der Waals surface area contributed by atoms with Crippen molar-refractivity contribution in [3.63, 3.8) is 0 Å². The van der Waals surface area contributed by atoms with Crippen molar-refractivity contribution >= 4 is 21.5 Å². The van der Waals surface area contributed by atoms with E-state index in [0.717, 1.165) is 10.6 Å². The number of nitrogens with zero attached hydrogens (tertiary/aromatic N) is 3. The Morgan fingerprint density at radius 3 is 2.83 bits per heavy atom. The molecule has 2 heterocycles. The second-order valence-electron chi connectivity index (χ2n) is 3.63. The highest BCUT2D eigenvalue weighted by molar-refractivity contribution is 7.85. The smallest absolute Gasteiger partial charge is 0.197 e. The molecule has 0 bridgehead atoms. The molecule has 18 heavy (non-hydrogen) atoms. The minimum atomic E-state index is -4.14. The normalized spacial score (nSPS) is 11.6. The van der Waals surface area contributed by atoms with Crippen molar-refractivity contribution in [1.82, 2.24) is 10.1 Å². The van der Waals surface area contributed by atoms with Gasteiger partial charge in [-0.25, -0.2) is 13.4 Å². The fourth-order valence-electron chi connectivity index (χ4n) is 1.41. The van der Waals surface area contributed by atoms with Gasteiger partial charge in [0.2, 0.25) is 0 Å². The molecule has 0 radical (unpaired) electrons. The zero-order valence-electron chi connectivity index (χ0n) is 9.39. The van der Waals surface area contributed by atoms with Gasteiger partial charge in [-0.3, -0.25) is 0 Å². The Morgan fingerprint density at radius 2 is 2.28 bits per heavy atom. The monoisotopic (exact) mass is 285 g/mol. The highest BCUT2D eigenvalue weighted by Crippen LogP contribution is 2.18. The lowest BCUT2D eigenvalue weighted by molar-refractivity contribution is -0.753. The van der Waals surface area contributed by atoms with Crippen LogP contribution in [0.1, 0.15) is 6.42 Å². The largest absolute Gasteiger partial charge is 0.748 e. The molecule has 0 atom stereocenters. The SMILES string of the molecule is O=S(=O)([O-])CCC[n+]1ccc(-c2nccs2)cn1. The molecule has 0 aromatic carbocycles. The maximum Gasteiger partial charge on any atom is 0.197 e. The molecule has 0 aliphatic rings. The van der Waals surface area contributed by atoms with Crippen molar-refractivity contribution in [2.24, 2.45) is 0 Å². The molecule has 8 heteroatoms. The zero-order chi connectivity index (χ0) is 13.0. The predicted octanol–water partition coefficient (Wildman–Crippen LogP) is 0.428. The van der Waals surface area contributed by atoms with Crippen LogP contribution >= 0.6 is 11.3 Å². The molecular formula is C10H11N3O3S2. The van der Waals surface area contributed by atoms with Crippen molar-refractivity contribution in [2.45, 2.75) is 13.0 Å². The average molecular weight is 285 g/mol. The van der Waals surface area contributed by atoms with E-state index in [2.05, 4.69) is 10.1 Å². The lowest BCUT2D eigenvalue weighted by Crippen LogP contribution is -2.38. The summed E-state index contributed by atoms with van der Waals surface area (Å²) in [7, 11) is -4.14. The second-order valence-corrected chi connectivity index (χ2v) is 6.05. The maximum atomic E-state index is 10.4. The van der Waals surface area contributed by atoms with Gasteiger partial charge >= 0.3 is 0 Å². The molecule has 0 aliphatic carbocycles. The third-order valence-corrected chi connectivity index (χ3v) is 3.84. The highest BCUT2D eigenvalue weighted by atomic mass is 32.2. The van der Waals surface area contributed by atoms with E-state index in [1.54, 1.807) is 23.3 Å². The minimum Gasteiger partial charge on any atom is -0.748 e. The molecule has 0 aliphatic heterocycles. The number of aryl methyl sites for hydroxylation is 1. The first-order chi connectivity index (χ1) is 8.54. The summed E-state index contributed by atoms with van der Waals surface area (Å²) in [5.41, 5.74) is 0.915. The summed E-state index contributed by atoms with van der Waals surface area (Å²) in [5.74, 6) is -0.365. The van der Waals surface area contributed by atoms with Gasteiger partial charge in [-0.05, 0) is 5.10 Å². The van der Waals surface area contributed by atoms with Crippen molar-refractivity contribution in [1.29, 1.82) is 0 Å². The number of hydrogen-bond donors (Lipinski definition) is 0. The van der Waals surface area contributed by atoms with Crippen molar-refractivity contribution in [3.8, 4) is 10.6 Å². The van der Waals surface area contributed by atoms with Crippen LogP contribution in [0.25, 0.3) is 10.6 Å². The van der Waals surface area contributed by atoms with Gasteiger partial charge in [-0.2, -0.15) is 0 Å². The standard InChI is InChI=1S/C10H11N3O3S2/c14-18(15,16)7-1-4-13-5-2-9(8-12-13)10-11-3-6-17-10/h2-3,5-6,8H,1,4,7H2. The Kier molecular flexibility index (Phi) is 4.00. The van der Waals surface area contributed by atoms with Crippen LogP contribution in [0.2, 0.25) is 0 Å². The van der Waals surface area contributed by atoms with E-state index in [9.17, 15) is 13.0 Å². The second kappa shape index (κ2) is 5.51. The van der Waals surface area contributed by atoms with Gasteiger partial charge in [0.25, 0.3) is 0 Å². The van der Waals surface area contributed by atoms with Gasteiger partial charge in [0, 0.05) is 35.4 Å². The average Bonchev–Trinajstić information content (AvgIpc) is 2.82. The molecule has 0 unspecified atom stereocenters. The number of thiazole rings is 1. The van der Waals surface area contributed by atoms with E-state index < -0.39 is 10.1 Å². The Balaban J connectivity index is 1.96. The predicted molar refractivity (Wildman–Crippen MR) is 64.7 cm³/mol. The quantitative estimate of drug-likeness (QED) is 0.587. The van der Waals surface area contributed by atoms with E-state index in [1.165, 1.54) is 11.3 Å². The van der Waals surface area contributed by atoms with Crippen LogP contribution in [-0.2, 0) is 16.7 Å². The summed E-state index contributed by atoms with van der Waals surface area (Å²) in [6.45, 7) is 0.402. The molecule has 0 fully saturated rings. The first-order valence-corrected chi connectivity index (χ1v) is 7.69. The molecule has 2 aromatic rings. The van der Waals surface area contributed by atoms with Crippen LogP contribution in [0.15, 0.2) is 30.0 Å². The Bertz CT molecular complexity index is 594. The van der Waals surface area contributed by atoms with Gasteiger partial charge < -0.3 is 4.55 Å². The molecule has 6 nitrogen and oxygen atoms in total. The van der Waals surface area contributed by atoms with Crippen LogP contribution in [0.5, 0.6) is 0 Å². The van der Waals surface area contributed by atoms with E-state index in [-0.39, 0.29) is 12.2 Å². The summed E-state index contributed by atoms with van der Waals surface area (Å²) >= 11 is 1.52. The fourth-order valence-corrected chi connectivity index (χ4v) is 2.52. The van der Waals surface area contributed by atoms with Gasteiger partial charge in [0.05, 0.1) is 10.1 Å². The van der Waals surface area contributed by atoms with E-state index in [1.807, 2.05) is 11.4 Å². The maximum absolute atomic E-state index is 10.4. The van der Waals surface area contributed by atoms with Crippen LogP contribution in [-0.4, -0.2) is 28.8 Å². The topological polar surface area (TPSA) is 86.9 Å². The van der Waals surface area contributed by atoms with Gasteiger partial charge in [-0.1, -0.05) is 4.68 Å². The molecular weight excluding hydrogens is 274 g/mol. The molecule has 2 aromatic heterocycles. The molecule has 0 N–H and O–H groups in total. The third-order valence-electron chi connectivity index (χ3n) is 2.23. The third kappa shape index (κ3) is 3.83. The molecule has 2 rings (SSSR count). The summed E-state index contributed by atoms with van der Waals surface area (Å²) < 4.78 is 32.9. The molecule has 0 amide bonds. The Morgan fingerprint density at radius 1 is 1.44 bits per heavy atom. The Labute approximate surface area is 109 Å². The van der Waals surface area contributed by atoms with Crippen LogP contribution in [0.3, 0.4) is 0 Å². The molecule has 96 valence electrons. The minimum absolute atomic E-state index is 0.264. The van der Waals surface area contributed by atoms with E-state index in [0.29, 0.717) is 6.54 Å². The number of rotatable bonds is 5.